The molecular weight excluding hydrogens is 308 g/mol. The molecule has 2 aliphatic carbocycles. The van der Waals surface area contributed by atoms with Crippen molar-refractivity contribution in [2.24, 2.45) is 23.7 Å². The Hall–Kier alpha value is -1.47. The Morgan fingerprint density at radius 3 is 1.43 bits per heavy atom. The van der Waals surface area contributed by atoms with Crippen LogP contribution < -0.4 is 0 Å². The quantitative estimate of drug-likeness (QED) is 0.384. The van der Waals surface area contributed by atoms with Crippen LogP contribution in [0.15, 0.2) is 24.3 Å². The number of carbonyl (C=O) groups is 4. The summed E-state index contributed by atoms with van der Waals surface area (Å²) in [7, 11) is 0. The summed E-state index contributed by atoms with van der Waals surface area (Å²) in [5.74, 6) is -1.66. The third kappa shape index (κ3) is 3.55. The standard InChI is InChI=1S/2C8H9NO2.Mg/c2*10-7-5-3-1-2-4-6(5)8(11)9-7;/h2*1,3,5-6H,2,4H2,(H,9,10,11);/q;;+2/p-2. The number of hydrogen-bond donors (Lipinski definition) is 0. The molecule has 0 spiro atoms. The molecule has 0 aromatic rings. The van der Waals surface area contributed by atoms with Crippen molar-refractivity contribution in [2.45, 2.75) is 25.7 Å². The van der Waals surface area contributed by atoms with Gasteiger partial charge in [0.05, 0.1) is 23.6 Å². The smallest absolute Gasteiger partial charge is 0.595 e. The van der Waals surface area contributed by atoms with Gasteiger partial charge in [0.2, 0.25) is 0 Å². The normalized spacial score (nSPS) is 33.7. The molecule has 4 aliphatic rings. The molecule has 0 bridgehead atoms. The molecule has 4 amide bonds. The summed E-state index contributed by atoms with van der Waals surface area (Å²) in [6, 6.07) is 0. The van der Waals surface area contributed by atoms with Crippen LogP contribution in [0.4, 0.5) is 0 Å². The number of amides is 4. The molecule has 7 heteroatoms. The van der Waals surface area contributed by atoms with Crippen molar-refractivity contribution in [1.82, 2.24) is 0 Å². The first kappa shape index (κ1) is 17.9. The van der Waals surface area contributed by atoms with Crippen molar-refractivity contribution >= 4 is 46.7 Å². The minimum atomic E-state index is -0.254. The minimum absolute atomic E-state index is 0. The number of imide groups is 2. The number of rotatable bonds is 0. The van der Waals surface area contributed by atoms with Crippen molar-refractivity contribution in [3.05, 3.63) is 34.9 Å². The molecular formula is C16H16MgN2O4. The van der Waals surface area contributed by atoms with E-state index in [2.05, 4.69) is 10.6 Å². The van der Waals surface area contributed by atoms with E-state index in [9.17, 15) is 19.2 Å². The Labute approximate surface area is 150 Å². The topological polar surface area (TPSA) is 96.5 Å². The van der Waals surface area contributed by atoms with E-state index in [0.717, 1.165) is 25.7 Å². The molecule has 0 aromatic heterocycles. The summed E-state index contributed by atoms with van der Waals surface area (Å²) in [5.41, 5.74) is 0. The van der Waals surface area contributed by atoms with E-state index in [4.69, 9.17) is 0 Å². The fourth-order valence-electron chi connectivity index (χ4n) is 3.26. The van der Waals surface area contributed by atoms with Gasteiger partial charge < -0.3 is 29.8 Å². The predicted octanol–water partition coefficient (Wildman–Crippen LogP) is 1.64. The minimum Gasteiger partial charge on any atom is -0.595 e. The second-order valence-corrected chi connectivity index (χ2v) is 5.85. The number of hydrogen-bond acceptors (Lipinski definition) is 4. The SMILES string of the molecule is O=C1[N-]C(=O)C2CCC=CC12.O=C1[N-]C(=O)C2CCC=CC12.[Mg+2]. The summed E-state index contributed by atoms with van der Waals surface area (Å²) < 4.78 is 0. The summed E-state index contributed by atoms with van der Waals surface area (Å²) in [5, 5.41) is 6.81. The van der Waals surface area contributed by atoms with Crippen LogP contribution in [0, 0.1) is 23.7 Å². The van der Waals surface area contributed by atoms with Crippen LogP contribution in [0.3, 0.4) is 0 Å². The van der Waals surface area contributed by atoms with Gasteiger partial charge in [-0.3, -0.25) is 0 Å². The van der Waals surface area contributed by atoms with E-state index >= 15 is 0 Å². The van der Waals surface area contributed by atoms with E-state index in [1.165, 1.54) is 0 Å². The second kappa shape index (κ2) is 7.40. The van der Waals surface area contributed by atoms with Gasteiger partial charge in [0.25, 0.3) is 0 Å². The van der Waals surface area contributed by atoms with Gasteiger partial charge in [-0.1, -0.05) is 24.3 Å². The van der Waals surface area contributed by atoms with Crippen LogP contribution in [-0.2, 0) is 19.2 Å². The Morgan fingerprint density at radius 1 is 0.696 bits per heavy atom. The van der Waals surface area contributed by atoms with Crippen LogP contribution >= 0.6 is 0 Å². The zero-order chi connectivity index (χ0) is 15.7. The van der Waals surface area contributed by atoms with Gasteiger partial charge in [0.1, 0.15) is 0 Å². The summed E-state index contributed by atoms with van der Waals surface area (Å²) in [4.78, 5) is 44.0. The fraction of sp³-hybridized carbons (Fsp3) is 0.500. The molecule has 0 N–H and O–H groups in total. The van der Waals surface area contributed by atoms with Crippen LogP contribution in [-0.4, -0.2) is 46.7 Å². The maximum Gasteiger partial charge on any atom is 2.00 e. The first-order valence-corrected chi connectivity index (χ1v) is 7.50. The van der Waals surface area contributed by atoms with Crippen molar-refractivity contribution in [1.29, 1.82) is 0 Å². The fourth-order valence-corrected chi connectivity index (χ4v) is 3.26. The zero-order valence-corrected chi connectivity index (χ0v) is 14.1. The molecule has 4 atom stereocenters. The molecule has 2 saturated heterocycles. The summed E-state index contributed by atoms with van der Waals surface area (Å²) in [6.07, 6.45) is 10.9. The Balaban J connectivity index is 0.000000160. The van der Waals surface area contributed by atoms with E-state index in [0.29, 0.717) is 0 Å². The zero-order valence-electron chi connectivity index (χ0n) is 12.7. The monoisotopic (exact) mass is 324 g/mol. The molecule has 2 fully saturated rings. The maximum atomic E-state index is 11.0. The van der Waals surface area contributed by atoms with Crippen molar-refractivity contribution < 1.29 is 19.2 Å². The molecule has 0 saturated carbocycles. The Morgan fingerprint density at radius 2 is 1.09 bits per heavy atom. The number of nitrogens with zero attached hydrogens (tertiary/aromatic N) is 2. The molecule has 4 rings (SSSR count). The van der Waals surface area contributed by atoms with Crippen LogP contribution in [0.2, 0.25) is 0 Å². The van der Waals surface area contributed by atoms with Crippen LogP contribution in [0.25, 0.3) is 10.6 Å². The third-order valence-corrected chi connectivity index (χ3v) is 4.49. The van der Waals surface area contributed by atoms with E-state index in [1.54, 1.807) is 0 Å². The van der Waals surface area contributed by atoms with E-state index in [-0.39, 0.29) is 70.4 Å². The van der Waals surface area contributed by atoms with Crippen LogP contribution in [0.5, 0.6) is 0 Å². The Bertz CT molecular complexity index is 547. The Kier molecular flexibility index (Phi) is 5.75. The summed E-state index contributed by atoms with van der Waals surface area (Å²) >= 11 is 0. The van der Waals surface area contributed by atoms with E-state index < -0.39 is 0 Å². The third-order valence-electron chi connectivity index (χ3n) is 4.49. The molecule has 116 valence electrons. The average molecular weight is 325 g/mol. The number of fused-ring (bicyclic) bond motifs is 2. The average Bonchev–Trinajstić information content (AvgIpc) is 2.99. The van der Waals surface area contributed by atoms with E-state index in [1.807, 2.05) is 24.3 Å². The molecule has 23 heavy (non-hydrogen) atoms. The molecule has 0 radical (unpaired) electrons. The van der Waals surface area contributed by atoms with Gasteiger partial charge in [-0.2, -0.15) is 0 Å². The van der Waals surface area contributed by atoms with Gasteiger partial charge in [0, 0.05) is 23.7 Å². The largest absolute Gasteiger partial charge is 2.00 e. The van der Waals surface area contributed by atoms with Gasteiger partial charge >= 0.3 is 23.1 Å². The number of allylic oxidation sites excluding steroid dienone is 2. The van der Waals surface area contributed by atoms with Gasteiger partial charge in [-0.25, -0.2) is 0 Å². The first-order valence-electron chi connectivity index (χ1n) is 7.50. The maximum absolute atomic E-state index is 11.0. The number of carbonyl (C=O) groups excluding carboxylic acids is 4. The van der Waals surface area contributed by atoms with Gasteiger partial charge in [-0.05, 0) is 25.7 Å². The second-order valence-electron chi connectivity index (χ2n) is 5.85. The van der Waals surface area contributed by atoms with Crippen molar-refractivity contribution in [3.63, 3.8) is 0 Å². The van der Waals surface area contributed by atoms with Gasteiger partial charge in [0.15, 0.2) is 0 Å². The molecule has 2 aliphatic heterocycles. The predicted molar refractivity (Wildman–Crippen MR) is 83.2 cm³/mol. The first-order chi connectivity index (χ1) is 10.6. The van der Waals surface area contributed by atoms with Crippen molar-refractivity contribution in [3.8, 4) is 0 Å². The van der Waals surface area contributed by atoms with Crippen molar-refractivity contribution in [2.75, 3.05) is 0 Å². The molecule has 4 unspecified atom stereocenters. The summed E-state index contributed by atoms with van der Waals surface area (Å²) in [6.45, 7) is 0. The van der Waals surface area contributed by atoms with Gasteiger partial charge in [-0.15, -0.1) is 0 Å². The molecule has 2 heterocycles. The molecule has 0 aromatic carbocycles. The molecule has 6 nitrogen and oxygen atoms in total. The van der Waals surface area contributed by atoms with Crippen LogP contribution in [0.1, 0.15) is 25.7 Å².